The standard InChI is InChI=1S/C14H26N2O4/c1-2-18-9-10-19-12-3-6-16(7-4-12)14(17)13-11-15-5-8-20-13/h12-13,15H,2-11H2,1H3. The molecule has 2 aliphatic rings. The van der Waals surface area contributed by atoms with Gasteiger partial charge in [-0.25, -0.2) is 0 Å². The maximum absolute atomic E-state index is 12.3. The summed E-state index contributed by atoms with van der Waals surface area (Å²) in [5, 5.41) is 3.19. The third-order valence-electron chi connectivity index (χ3n) is 3.74. The number of ether oxygens (including phenoxy) is 3. The van der Waals surface area contributed by atoms with Crippen molar-refractivity contribution >= 4 is 5.91 Å². The van der Waals surface area contributed by atoms with Crippen molar-refractivity contribution in [2.45, 2.75) is 32.0 Å². The molecule has 2 heterocycles. The number of piperidine rings is 1. The van der Waals surface area contributed by atoms with Crippen LogP contribution in [-0.2, 0) is 19.0 Å². The molecule has 2 rings (SSSR count). The first-order valence-electron chi connectivity index (χ1n) is 7.61. The van der Waals surface area contributed by atoms with Gasteiger partial charge in [0.05, 0.1) is 25.9 Å². The normalized spacial score (nSPS) is 24.9. The molecule has 20 heavy (non-hydrogen) atoms. The third kappa shape index (κ3) is 4.70. The van der Waals surface area contributed by atoms with Gasteiger partial charge in [-0.3, -0.25) is 4.79 Å². The van der Waals surface area contributed by atoms with Gasteiger partial charge in [-0.15, -0.1) is 0 Å². The molecule has 0 bridgehead atoms. The van der Waals surface area contributed by atoms with E-state index in [1.54, 1.807) is 0 Å². The van der Waals surface area contributed by atoms with Crippen LogP contribution in [0.3, 0.4) is 0 Å². The topological polar surface area (TPSA) is 60.0 Å². The highest BCUT2D eigenvalue weighted by Crippen LogP contribution is 2.15. The molecule has 116 valence electrons. The van der Waals surface area contributed by atoms with E-state index in [1.165, 1.54) is 0 Å². The van der Waals surface area contributed by atoms with Gasteiger partial charge < -0.3 is 24.4 Å². The quantitative estimate of drug-likeness (QED) is 0.698. The molecular weight excluding hydrogens is 260 g/mol. The fourth-order valence-corrected chi connectivity index (χ4v) is 2.59. The van der Waals surface area contributed by atoms with E-state index in [0.717, 1.165) is 39.1 Å². The van der Waals surface area contributed by atoms with E-state index in [2.05, 4.69) is 5.32 Å². The lowest BCUT2D eigenvalue weighted by Gasteiger charge is -2.35. The average molecular weight is 286 g/mol. The zero-order valence-electron chi connectivity index (χ0n) is 12.3. The molecule has 6 nitrogen and oxygen atoms in total. The maximum Gasteiger partial charge on any atom is 0.253 e. The second-order valence-electron chi connectivity index (χ2n) is 5.16. The predicted octanol–water partition coefficient (Wildman–Crippen LogP) is 0.0189. The molecule has 1 amide bonds. The van der Waals surface area contributed by atoms with Gasteiger partial charge in [-0.1, -0.05) is 0 Å². The van der Waals surface area contributed by atoms with Crippen LogP contribution in [0.25, 0.3) is 0 Å². The molecule has 0 aromatic carbocycles. The van der Waals surface area contributed by atoms with Gasteiger partial charge in [0.1, 0.15) is 6.10 Å². The van der Waals surface area contributed by atoms with Crippen LogP contribution in [0, 0.1) is 0 Å². The highest BCUT2D eigenvalue weighted by atomic mass is 16.5. The van der Waals surface area contributed by atoms with Crippen LogP contribution < -0.4 is 5.32 Å². The van der Waals surface area contributed by atoms with Gasteiger partial charge in [0.15, 0.2) is 0 Å². The van der Waals surface area contributed by atoms with E-state index < -0.39 is 0 Å². The van der Waals surface area contributed by atoms with E-state index in [9.17, 15) is 4.79 Å². The summed E-state index contributed by atoms with van der Waals surface area (Å²) < 4.78 is 16.5. The van der Waals surface area contributed by atoms with Crippen molar-refractivity contribution < 1.29 is 19.0 Å². The summed E-state index contributed by atoms with van der Waals surface area (Å²) in [4.78, 5) is 14.2. The minimum Gasteiger partial charge on any atom is -0.379 e. The Hall–Kier alpha value is -0.690. The molecule has 2 saturated heterocycles. The number of carbonyl (C=O) groups is 1. The summed E-state index contributed by atoms with van der Waals surface area (Å²) in [5.41, 5.74) is 0. The van der Waals surface area contributed by atoms with Crippen molar-refractivity contribution in [1.82, 2.24) is 10.2 Å². The number of rotatable bonds is 6. The lowest BCUT2D eigenvalue weighted by Crippen LogP contribution is -2.51. The molecule has 1 atom stereocenters. The minimum atomic E-state index is -0.306. The minimum absolute atomic E-state index is 0.116. The fraction of sp³-hybridized carbons (Fsp3) is 0.929. The molecule has 0 spiro atoms. The second kappa shape index (κ2) is 8.56. The van der Waals surface area contributed by atoms with E-state index >= 15 is 0 Å². The van der Waals surface area contributed by atoms with Crippen LogP contribution in [0.5, 0.6) is 0 Å². The number of likely N-dealkylation sites (tertiary alicyclic amines) is 1. The smallest absolute Gasteiger partial charge is 0.253 e. The van der Waals surface area contributed by atoms with Gasteiger partial charge in [0.25, 0.3) is 5.91 Å². The number of hydrogen-bond donors (Lipinski definition) is 1. The highest BCUT2D eigenvalue weighted by Gasteiger charge is 2.29. The number of hydrogen-bond acceptors (Lipinski definition) is 5. The third-order valence-corrected chi connectivity index (χ3v) is 3.74. The lowest BCUT2D eigenvalue weighted by atomic mass is 10.1. The average Bonchev–Trinajstić information content (AvgIpc) is 2.52. The first-order chi connectivity index (χ1) is 9.81. The first kappa shape index (κ1) is 15.7. The predicted molar refractivity (Wildman–Crippen MR) is 74.7 cm³/mol. The van der Waals surface area contributed by atoms with Gasteiger partial charge in [0, 0.05) is 32.8 Å². The highest BCUT2D eigenvalue weighted by molar-refractivity contribution is 5.81. The largest absolute Gasteiger partial charge is 0.379 e. The molecule has 0 aromatic heterocycles. The van der Waals surface area contributed by atoms with Crippen molar-refractivity contribution in [2.75, 3.05) is 52.6 Å². The second-order valence-corrected chi connectivity index (χ2v) is 5.16. The lowest BCUT2D eigenvalue weighted by molar-refractivity contribution is -0.148. The van der Waals surface area contributed by atoms with Crippen LogP contribution in [-0.4, -0.2) is 75.6 Å². The molecule has 1 unspecified atom stereocenters. The van der Waals surface area contributed by atoms with Crippen molar-refractivity contribution in [2.24, 2.45) is 0 Å². The number of amides is 1. The Bertz CT molecular complexity index is 287. The van der Waals surface area contributed by atoms with Crippen molar-refractivity contribution in [3.05, 3.63) is 0 Å². The SMILES string of the molecule is CCOCCOC1CCN(C(=O)C2CNCCO2)CC1. The van der Waals surface area contributed by atoms with E-state index in [1.807, 2.05) is 11.8 Å². The number of nitrogens with zero attached hydrogens (tertiary/aromatic N) is 1. The van der Waals surface area contributed by atoms with Gasteiger partial charge in [-0.2, -0.15) is 0 Å². The summed E-state index contributed by atoms with van der Waals surface area (Å²) in [6.45, 7) is 7.60. The van der Waals surface area contributed by atoms with E-state index in [0.29, 0.717) is 26.4 Å². The van der Waals surface area contributed by atoms with E-state index in [4.69, 9.17) is 14.2 Å². The Balaban J connectivity index is 1.64. The van der Waals surface area contributed by atoms with Gasteiger partial charge in [0.2, 0.25) is 0 Å². The van der Waals surface area contributed by atoms with Crippen LogP contribution in [0.4, 0.5) is 0 Å². The van der Waals surface area contributed by atoms with Crippen molar-refractivity contribution in [1.29, 1.82) is 0 Å². The van der Waals surface area contributed by atoms with Gasteiger partial charge in [-0.05, 0) is 19.8 Å². The number of morpholine rings is 1. The summed E-state index contributed by atoms with van der Waals surface area (Å²) >= 11 is 0. The van der Waals surface area contributed by atoms with Gasteiger partial charge >= 0.3 is 0 Å². The molecule has 0 aromatic rings. The first-order valence-corrected chi connectivity index (χ1v) is 7.61. The molecule has 1 N–H and O–H groups in total. The van der Waals surface area contributed by atoms with Crippen molar-refractivity contribution in [3.8, 4) is 0 Å². The fourth-order valence-electron chi connectivity index (χ4n) is 2.59. The Morgan fingerprint density at radius 3 is 2.80 bits per heavy atom. The molecule has 0 saturated carbocycles. The Kier molecular flexibility index (Phi) is 6.72. The van der Waals surface area contributed by atoms with Crippen LogP contribution in [0.1, 0.15) is 19.8 Å². The molecule has 2 aliphatic heterocycles. The zero-order chi connectivity index (χ0) is 14.2. The van der Waals surface area contributed by atoms with Crippen molar-refractivity contribution in [3.63, 3.8) is 0 Å². The van der Waals surface area contributed by atoms with E-state index in [-0.39, 0.29) is 18.1 Å². The number of carbonyl (C=O) groups excluding carboxylic acids is 1. The summed E-state index contributed by atoms with van der Waals surface area (Å²) in [7, 11) is 0. The Labute approximate surface area is 120 Å². The van der Waals surface area contributed by atoms with Crippen LogP contribution in [0.15, 0.2) is 0 Å². The Morgan fingerprint density at radius 2 is 2.15 bits per heavy atom. The molecular formula is C14H26N2O4. The van der Waals surface area contributed by atoms with Crippen LogP contribution in [0.2, 0.25) is 0 Å². The molecule has 6 heteroatoms. The van der Waals surface area contributed by atoms with Crippen LogP contribution >= 0.6 is 0 Å². The number of nitrogens with one attached hydrogen (secondary N) is 1. The summed E-state index contributed by atoms with van der Waals surface area (Å²) in [6, 6.07) is 0. The molecule has 2 fully saturated rings. The summed E-state index contributed by atoms with van der Waals surface area (Å²) in [6.07, 6.45) is 1.75. The molecule has 0 radical (unpaired) electrons. The Morgan fingerprint density at radius 1 is 1.35 bits per heavy atom. The maximum atomic E-state index is 12.3. The molecule has 0 aliphatic carbocycles. The monoisotopic (exact) mass is 286 g/mol. The summed E-state index contributed by atoms with van der Waals surface area (Å²) in [5.74, 6) is 0.116. The zero-order valence-corrected chi connectivity index (χ0v) is 12.3.